The molecule has 9 heteroatoms. The average Bonchev–Trinajstić information content (AvgIpc) is 3.39. The molecule has 0 unspecified atom stereocenters. The van der Waals surface area contributed by atoms with Crippen molar-refractivity contribution < 1.29 is 13.2 Å². The fourth-order valence-electron chi connectivity index (χ4n) is 4.51. The molecule has 1 amide bonds. The van der Waals surface area contributed by atoms with E-state index in [1.807, 2.05) is 26.4 Å². The second-order valence-electron chi connectivity index (χ2n) is 8.67. The Morgan fingerprint density at radius 2 is 1.94 bits per heavy atom. The van der Waals surface area contributed by atoms with Crippen molar-refractivity contribution in [1.29, 1.82) is 0 Å². The minimum atomic E-state index is -3.16. The van der Waals surface area contributed by atoms with Crippen LogP contribution >= 0.6 is 11.3 Å². The Kier molecular flexibility index (Phi) is 6.44. The van der Waals surface area contributed by atoms with Gasteiger partial charge in [-0.05, 0) is 80.0 Å². The summed E-state index contributed by atoms with van der Waals surface area (Å²) < 4.78 is 26.0. The number of aromatic nitrogens is 1. The van der Waals surface area contributed by atoms with Gasteiger partial charge in [0.2, 0.25) is 10.0 Å². The van der Waals surface area contributed by atoms with Crippen LogP contribution in [0.3, 0.4) is 0 Å². The van der Waals surface area contributed by atoms with Crippen molar-refractivity contribution in [1.82, 2.24) is 14.2 Å². The molecule has 0 radical (unpaired) electrons. The van der Waals surface area contributed by atoms with Crippen molar-refractivity contribution in [3.8, 4) is 11.1 Å². The van der Waals surface area contributed by atoms with Gasteiger partial charge in [0.15, 0.2) is 0 Å². The maximum absolute atomic E-state index is 12.2. The summed E-state index contributed by atoms with van der Waals surface area (Å²) in [5.74, 6) is -0.0975. The number of sulfonamides is 1. The first-order valence-electron chi connectivity index (χ1n) is 10.8. The van der Waals surface area contributed by atoms with E-state index in [9.17, 15) is 13.2 Å². The van der Waals surface area contributed by atoms with Crippen molar-refractivity contribution in [3.63, 3.8) is 0 Å². The largest absolute Gasteiger partial charge is 0.366 e. The first kappa shape index (κ1) is 23.0. The van der Waals surface area contributed by atoms with Crippen molar-refractivity contribution in [2.75, 3.05) is 32.9 Å². The van der Waals surface area contributed by atoms with Crippen LogP contribution in [0, 0.1) is 0 Å². The number of carbonyl (C=O) groups excluding carboxylic acids is 1. The average molecular weight is 475 g/mol. The van der Waals surface area contributed by atoms with E-state index in [2.05, 4.69) is 27.4 Å². The lowest BCUT2D eigenvalue weighted by Gasteiger charge is -2.31. The summed E-state index contributed by atoms with van der Waals surface area (Å²) in [7, 11) is 0.922. The van der Waals surface area contributed by atoms with E-state index in [-0.39, 0.29) is 11.7 Å². The number of nitrogens with two attached hydrogens (primary N) is 1. The number of carbonyl (C=O) groups is 1. The third-order valence-corrected chi connectivity index (χ3v) is 9.00. The molecule has 0 bridgehead atoms. The normalized spacial score (nSPS) is 16.2. The maximum atomic E-state index is 12.2. The number of rotatable bonds is 7. The number of hydrogen-bond donors (Lipinski definition) is 2. The minimum Gasteiger partial charge on any atom is -0.366 e. The summed E-state index contributed by atoms with van der Waals surface area (Å²) in [6.45, 7) is 3.59. The predicted molar refractivity (Wildman–Crippen MR) is 131 cm³/mol. The molecule has 0 spiro atoms. The number of piperidine rings is 1. The van der Waals surface area contributed by atoms with Gasteiger partial charge in [-0.15, -0.1) is 11.3 Å². The Morgan fingerprint density at radius 3 is 2.56 bits per heavy atom. The van der Waals surface area contributed by atoms with Gasteiger partial charge in [-0.1, -0.05) is 0 Å². The summed E-state index contributed by atoms with van der Waals surface area (Å²) in [4.78, 5) is 18.9. The number of hydrogen-bond acceptors (Lipinski definition) is 5. The van der Waals surface area contributed by atoms with Gasteiger partial charge in [-0.3, -0.25) is 4.79 Å². The van der Waals surface area contributed by atoms with Crippen LogP contribution in [0.15, 0.2) is 29.8 Å². The highest BCUT2D eigenvalue weighted by molar-refractivity contribution is 7.89. The number of benzene rings is 1. The number of thiophene rings is 1. The second kappa shape index (κ2) is 8.97. The van der Waals surface area contributed by atoms with E-state index < -0.39 is 15.9 Å². The quantitative estimate of drug-likeness (QED) is 0.547. The molecular formula is C23H30N4O3S2. The molecule has 2 aromatic heterocycles. The fourth-order valence-corrected chi connectivity index (χ4v) is 6.65. The number of nitrogens with zero attached hydrogens (tertiary/aromatic N) is 2. The number of H-pyrrole nitrogens is 1. The zero-order valence-electron chi connectivity index (χ0n) is 18.7. The molecule has 3 aromatic rings. The predicted octanol–water partition coefficient (Wildman–Crippen LogP) is 3.59. The molecule has 1 aromatic carbocycles. The van der Waals surface area contributed by atoms with Crippen molar-refractivity contribution in [3.05, 3.63) is 45.8 Å². The highest BCUT2D eigenvalue weighted by Gasteiger charge is 2.29. The number of fused-ring (bicyclic) bond motifs is 1. The molecule has 1 aliphatic heterocycles. The van der Waals surface area contributed by atoms with Crippen LogP contribution in [0.25, 0.3) is 22.0 Å². The molecule has 1 fully saturated rings. The van der Waals surface area contributed by atoms with Gasteiger partial charge in [0, 0.05) is 36.1 Å². The molecule has 0 atom stereocenters. The topological polar surface area (TPSA) is 99.5 Å². The summed E-state index contributed by atoms with van der Waals surface area (Å²) in [5, 5.41) is 3.11. The van der Waals surface area contributed by atoms with Crippen LogP contribution in [0.2, 0.25) is 0 Å². The van der Waals surface area contributed by atoms with Gasteiger partial charge < -0.3 is 15.6 Å². The second-order valence-corrected chi connectivity index (χ2v) is 11.9. The monoisotopic (exact) mass is 474 g/mol. The first-order chi connectivity index (χ1) is 15.2. The van der Waals surface area contributed by atoms with Crippen LogP contribution in [-0.2, 0) is 16.6 Å². The van der Waals surface area contributed by atoms with Crippen molar-refractivity contribution in [2.45, 2.75) is 32.2 Å². The lowest BCUT2D eigenvalue weighted by Crippen LogP contribution is -2.38. The molecule has 1 aliphatic rings. The first-order valence-corrected chi connectivity index (χ1v) is 13.3. The van der Waals surface area contributed by atoms with Gasteiger partial charge in [0.05, 0.1) is 16.8 Å². The minimum absolute atomic E-state index is 0.131. The third-order valence-electron chi connectivity index (χ3n) is 6.20. The number of nitrogens with one attached hydrogen (secondary N) is 1. The van der Waals surface area contributed by atoms with Crippen LogP contribution in [0.4, 0.5) is 0 Å². The van der Waals surface area contributed by atoms with Gasteiger partial charge >= 0.3 is 0 Å². The maximum Gasteiger partial charge on any atom is 0.250 e. The van der Waals surface area contributed by atoms with E-state index in [1.54, 1.807) is 22.6 Å². The zero-order valence-corrected chi connectivity index (χ0v) is 20.4. The molecule has 3 heterocycles. The Morgan fingerprint density at radius 1 is 1.22 bits per heavy atom. The molecule has 32 heavy (non-hydrogen) atoms. The number of primary amides is 1. The molecule has 1 saturated heterocycles. The third kappa shape index (κ3) is 4.47. The molecule has 0 aliphatic carbocycles. The number of aromatic amines is 1. The lowest BCUT2D eigenvalue weighted by atomic mass is 9.88. The summed E-state index contributed by atoms with van der Waals surface area (Å²) in [6.07, 6.45) is 3.47. The van der Waals surface area contributed by atoms with E-state index in [0.29, 0.717) is 18.7 Å². The van der Waals surface area contributed by atoms with E-state index >= 15 is 0 Å². The molecule has 3 N–H and O–H groups in total. The molecule has 4 rings (SSSR count). The van der Waals surface area contributed by atoms with E-state index in [1.165, 1.54) is 4.88 Å². The Labute approximate surface area is 193 Å². The van der Waals surface area contributed by atoms with Crippen LogP contribution in [0.5, 0.6) is 0 Å². The zero-order chi connectivity index (χ0) is 23.0. The summed E-state index contributed by atoms with van der Waals surface area (Å²) >= 11 is 1.70. The van der Waals surface area contributed by atoms with Crippen LogP contribution in [-0.4, -0.2) is 61.5 Å². The summed E-state index contributed by atoms with van der Waals surface area (Å²) in [6, 6.07) is 6.16. The highest BCUT2D eigenvalue weighted by Crippen LogP contribution is 2.38. The van der Waals surface area contributed by atoms with Crippen LogP contribution < -0.4 is 5.73 Å². The Bertz CT molecular complexity index is 1240. The Balaban J connectivity index is 1.70. The standard InChI is InChI=1S/C23H30N4O3S2/c1-4-32(29,30)27-7-5-15(6-8-27)21-12-25-22-19(21)10-16(11-20(22)23(24)28)17-9-18(31-14-17)13-26(2)3/h9-12,14-15,25H,4-8,13H2,1-3H3,(H2,24,28). The molecule has 7 nitrogen and oxygen atoms in total. The van der Waals surface area contributed by atoms with Crippen molar-refractivity contribution >= 4 is 38.2 Å². The van der Waals surface area contributed by atoms with Gasteiger partial charge in [-0.2, -0.15) is 0 Å². The van der Waals surface area contributed by atoms with Crippen molar-refractivity contribution in [2.24, 2.45) is 5.73 Å². The van der Waals surface area contributed by atoms with Gasteiger partial charge in [0.25, 0.3) is 5.91 Å². The van der Waals surface area contributed by atoms with Gasteiger partial charge in [0.1, 0.15) is 0 Å². The lowest BCUT2D eigenvalue weighted by molar-refractivity contribution is 0.100. The number of amides is 1. The molecular weight excluding hydrogens is 444 g/mol. The highest BCUT2D eigenvalue weighted by atomic mass is 32.2. The molecule has 172 valence electrons. The summed E-state index contributed by atoms with van der Waals surface area (Å²) in [5.41, 5.74) is 10.1. The Hall–Kier alpha value is -2.20. The molecule has 0 saturated carbocycles. The van der Waals surface area contributed by atoms with E-state index in [4.69, 9.17) is 5.73 Å². The fraction of sp³-hybridized carbons (Fsp3) is 0.435. The van der Waals surface area contributed by atoms with Crippen LogP contribution in [0.1, 0.15) is 46.5 Å². The van der Waals surface area contributed by atoms with Gasteiger partial charge in [-0.25, -0.2) is 12.7 Å². The van der Waals surface area contributed by atoms with E-state index in [0.717, 1.165) is 47.0 Å². The smallest absolute Gasteiger partial charge is 0.250 e. The SMILES string of the molecule is CCS(=O)(=O)N1CCC(c2c[nH]c3c(C(N)=O)cc(-c4csc(CN(C)C)c4)cc23)CC1.